The molecule has 0 spiro atoms. The predicted molar refractivity (Wildman–Crippen MR) is 104 cm³/mol. The highest BCUT2D eigenvalue weighted by atomic mass is 19.1. The average molecular weight is 360 g/mol. The van der Waals surface area contributed by atoms with E-state index in [0.29, 0.717) is 6.04 Å². The highest BCUT2D eigenvalue weighted by molar-refractivity contribution is 5.89. The number of H-pyrrole nitrogens is 1. The van der Waals surface area contributed by atoms with Gasteiger partial charge < -0.3 is 0 Å². The van der Waals surface area contributed by atoms with Crippen LogP contribution < -0.4 is 0 Å². The van der Waals surface area contributed by atoms with Crippen molar-refractivity contribution in [2.45, 2.75) is 25.3 Å². The van der Waals surface area contributed by atoms with E-state index in [2.05, 4.69) is 21.1 Å². The molecule has 2 aromatic heterocycles. The van der Waals surface area contributed by atoms with E-state index in [1.165, 1.54) is 37.1 Å². The molecule has 1 saturated heterocycles. The zero-order valence-corrected chi connectivity index (χ0v) is 15.0. The van der Waals surface area contributed by atoms with E-state index in [1.54, 1.807) is 24.5 Å². The van der Waals surface area contributed by atoms with Crippen LogP contribution in [0.2, 0.25) is 0 Å². The van der Waals surface area contributed by atoms with E-state index in [9.17, 15) is 4.39 Å². The summed E-state index contributed by atoms with van der Waals surface area (Å²) in [6.07, 6.45) is 9.49. The minimum Gasteiger partial charge on any atom is -0.297 e. The maximum Gasteiger partial charge on any atom is 0.123 e. The topological polar surface area (TPSA) is 44.8 Å². The van der Waals surface area contributed by atoms with Gasteiger partial charge in [0, 0.05) is 36.1 Å². The van der Waals surface area contributed by atoms with Gasteiger partial charge in [0.15, 0.2) is 0 Å². The van der Waals surface area contributed by atoms with Crippen molar-refractivity contribution in [3.05, 3.63) is 66.4 Å². The van der Waals surface area contributed by atoms with Crippen molar-refractivity contribution in [1.29, 1.82) is 0 Å². The molecule has 4 heterocycles. The molecule has 2 aliphatic heterocycles. The molecule has 0 unspecified atom stereocenters. The molecule has 1 N–H and O–H groups in total. The lowest BCUT2D eigenvalue weighted by molar-refractivity contribution is 0.287. The number of hydrogen-bond acceptors (Lipinski definition) is 3. The Morgan fingerprint density at radius 3 is 2.63 bits per heavy atom. The normalized spacial score (nSPS) is 19.7. The Bertz CT molecular complexity index is 975. The number of benzene rings is 1. The summed E-state index contributed by atoms with van der Waals surface area (Å²) in [5, 5.41) is 7.92. The summed E-state index contributed by atoms with van der Waals surface area (Å²) in [5.41, 5.74) is 6.30. The fourth-order valence-electron chi connectivity index (χ4n) is 4.29. The molecule has 3 aromatic rings. The summed E-state index contributed by atoms with van der Waals surface area (Å²) in [6.45, 7) is 2.29. The number of hydrogen-bond donors (Lipinski definition) is 1. The second-order valence-corrected chi connectivity index (χ2v) is 7.25. The minimum atomic E-state index is -0.236. The third-order valence-electron chi connectivity index (χ3n) is 5.65. The number of nitrogens with one attached hydrogen (secondary N) is 1. The van der Waals surface area contributed by atoms with E-state index >= 15 is 0 Å². The summed E-state index contributed by atoms with van der Waals surface area (Å²) in [7, 11) is 0. The molecule has 5 heteroatoms. The van der Waals surface area contributed by atoms with Crippen LogP contribution in [-0.2, 0) is 0 Å². The van der Waals surface area contributed by atoms with Crippen LogP contribution in [0.25, 0.3) is 28.0 Å². The number of aromatic amines is 1. The van der Waals surface area contributed by atoms with Crippen LogP contribution in [0.15, 0.2) is 54.9 Å². The highest BCUT2D eigenvalue weighted by Gasteiger charge is 2.29. The smallest absolute Gasteiger partial charge is 0.123 e. The van der Waals surface area contributed by atoms with Crippen molar-refractivity contribution in [2.75, 3.05) is 13.1 Å². The van der Waals surface area contributed by atoms with E-state index in [1.807, 2.05) is 12.1 Å². The zero-order valence-electron chi connectivity index (χ0n) is 15.0. The van der Waals surface area contributed by atoms with Crippen LogP contribution in [0.1, 0.15) is 25.0 Å². The van der Waals surface area contributed by atoms with Crippen LogP contribution in [-0.4, -0.2) is 39.2 Å². The van der Waals surface area contributed by atoms with Crippen LogP contribution in [0.3, 0.4) is 0 Å². The largest absolute Gasteiger partial charge is 0.297 e. The molecule has 1 fully saturated rings. The maximum atomic E-state index is 13.4. The predicted octanol–water partition coefficient (Wildman–Crippen LogP) is 4.53. The Morgan fingerprint density at radius 1 is 1.00 bits per heavy atom. The Kier molecular flexibility index (Phi) is 4.09. The molecule has 2 aliphatic rings. The summed E-state index contributed by atoms with van der Waals surface area (Å²) in [4.78, 5) is 6.71. The number of nitrogens with zero attached hydrogens (tertiary/aromatic N) is 3. The lowest BCUT2D eigenvalue weighted by Crippen LogP contribution is -2.32. The summed E-state index contributed by atoms with van der Waals surface area (Å²) >= 11 is 0. The third kappa shape index (κ3) is 2.98. The zero-order chi connectivity index (χ0) is 18.2. The van der Waals surface area contributed by atoms with Gasteiger partial charge in [0.25, 0.3) is 0 Å². The monoisotopic (exact) mass is 360 g/mol. The molecule has 0 aliphatic carbocycles. The Labute approximate surface area is 157 Å². The fraction of sp³-hybridized carbons (Fsp3) is 0.273. The molecular formula is C22H21FN4. The highest BCUT2D eigenvalue weighted by Crippen LogP contribution is 2.39. The molecular weight excluding hydrogens is 339 g/mol. The van der Waals surface area contributed by atoms with Crippen molar-refractivity contribution in [2.24, 2.45) is 0 Å². The van der Waals surface area contributed by atoms with Crippen molar-refractivity contribution >= 4 is 5.57 Å². The van der Waals surface area contributed by atoms with Crippen molar-refractivity contribution in [1.82, 2.24) is 20.1 Å². The number of rotatable bonds is 3. The lowest BCUT2D eigenvalue weighted by atomic mass is 9.92. The molecule has 0 bridgehead atoms. The second kappa shape index (κ2) is 6.74. The summed E-state index contributed by atoms with van der Waals surface area (Å²) in [5.74, 6) is -0.236. The summed E-state index contributed by atoms with van der Waals surface area (Å²) < 4.78 is 13.4. The number of aromatic nitrogens is 3. The van der Waals surface area contributed by atoms with Crippen molar-refractivity contribution in [3.8, 4) is 22.4 Å². The maximum absolute atomic E-state index is 13.4. The lowest BCUT2D eigenvalue weighted by Gasteiger charge is -2.28. The van der Waals surface area contributed by atoms with E-state index in [4.69, 9.17) is 5.10 Å². The van der Waals surface area contributed by atoms with Gasteiger partial charge in [0.2, 0.25) is 0 Å². The van der Waals surface area contributed by atoms with E-state index < -0.39 is 0 Å². The first kappa shape index (κ1) is 16.4. The molecule has 0 amide bonds. The average Bonchev–Trinajstić information content (AvgIpc) is 3.35. The third-order valence-corrected chi connectivity index (χ3v) is 5.65. The Balaban J connectivity index is 1.65. The van der Waals surface area contributed by atoms with Gasteiger partial charge in [-0.15, -0.1) is 0 Å². The number of pyridine rings is 1. The molecule has 4 nitrogen and oxygen atoms in total. The minimum absolute atomic E-state index is 0.236. The van der Waals surface area contributed by atoms with E-state index in [-0.39, 0.29) is 5.82 Å². The fourth-order valence-corrected chi connectivity index (χ4v) is 4.29. The van der Waals surface area contributed by atoms with Gasteiger partial charge >= 0.3 is 0 Å². The first-order chi connectivity index (χ1) is 13.3. The quantitative estimate of drug-likeness (QED) is 0.746. The van der Waals surface area contributed by atoms with Crippen LogP contribution in [0.5, 0.6) is 0 Å². The van der Waals surface area contributed by atoms with Gasteiger partial charge in [-0.2, -0.15) is 5.10 Å². The Hall–Kier alpha value is -2.79. The molecule has 136 valence electrons. The number of halogens is 1. The van der Waals surface area contributed by atoms with Crippen molar-refractivity contribution < 1.29 is 4.39 Å². The SMILES string of the molecule is Fc1ccc(-c2[nH]nc(C3=C[C@@H]4CCCN4CC3)c2-c2ccncc2)cc1. The standard InChI is InChI=1S/C22H21FN4/c23-18-5-3-16(4-6-18)21-20(15-7-10-24-11-8-15)22(26-25-21)17-9-13-27-12-1-2-19(27)14-17/h3-8,10-11,14,19H,1-2,9,12-13H2,(H,25,26)/t19-/m0/s1. The first-order valence-electron chi connectivity index (χ1n) is 9.49. The van der Waals surface area contributed by atoms with Crippen LogP contribution in [0.4, 0.5) is 4.39 Å². The van der Waals surface area contributed by atoms with Gasteiger partial charge in [-0.3, -0.25) is 15.0 Å². The molecule has 1 atom stereocenters. The first-order valence-corrected chi connectivity index (χ1v) is 9.49. The molecule has 0 saturated carbocycles. The number of fused-ring (bicyclic) bond motifs is 1. The van der Waals surface area contributed by atoms with Crippen molar-refractivity contribution in [3.63, 3.8) is 0 Å². The second-order valence-electron chi connectivity index (χ2n) is 7.25. The molecule has 27 heavy (non-hydrogen) atoms. The molecule has 0 radical (unpaired) electrons. The van der Waals surface area contributed by atoms with E-state index in [0.717, 1.165) is 41.0 Å². The van der Waals surface area contributed by atoms with Gasteiger partial charge in [-0.05, 0) is 73.3 Å². The van der Waals surface area contributed by atoms with Crippen LogP contribution in [0, 0.1) is 5.82 Å². The molecule has 5 rings (SSSR count). The van der Waals surface area contributed by atoms with Gasteiger partial charge in [0.05, 0.1) is 11.4 Å². The summed E-state index contributed by atoms with van der Waals surface area (Å²) in [6, 6.07) is 11.1. The van der Waals surface area contributed by atoms with Gasteiger partial charge in [0.1, 0.15) is 5.82 Å². The Morgan fingerprint density at radius 2 is 1.81 bits per heavy atom. The van der Waals surface area contributed by atoms with Gasteiger partial charge in [-0.25, -0.2) is 4.39 Å². The molecule has 1 aromatic carbocycles. The van der Waals surface area contributed by atoms with Gasteiger partial charge in [-0.1, -0.05) is 6.08 Å². The van der Waals surface area contributed by atoms with Crippen LogP contribution >= 0.6 is 0 Å².